The van der Waals surface area contributed by atoms with E-state index in [0.717, 1.165) is 28.9 Å². The van der Waals surface area contributed by atoms with E-state index in [1.165, 1.54) is 6.92 Å². The number of ether oxygens (including phenoxy) is 2. The van der Waals surface area contributed by atoms with Gasteiger partial charge in [0.15, 0.2) is 6.10 Å². The summed E-state index contributed by atoms with van der Waals surface area (Å²) in [4.78, 5) is 12.9. The maximum Gasteiger partial charge on any atom is 0.304 e. The molecule has 0 aromatic heterocycles. The Kier molecular flexibility index (Phi) is 12.6. The average Bonchev–Trinajstić information content (AvgIpc) is 2.83. The summed E-state index contributed by atoms with van der Waals surface area (Å²) in [5, 5.41) is 9.70. The zero-order valence-electron chi connectivity index (χ0n) is 19.2. The van der Waals surface area contributed by atoms with E-state index in [2.05, 4.69) is 23.7 Å². The predicted molar refractivity (Wildman–Crippen MR) is 134 cm³/mol. The summed E-state index contributed by atoms with van der Waals surface area (Å²) in [5.41, 5.74) is 2.18. The van der Waals surface area contributed by atoms with Crippen LogP contribution < -0.4 is 0 Å². The maximum atomic E-state index is 11.8. The van der Waals surface area contributed by atoms with Crippen LogP contribution in [-0.2, 0) is 20.9 Å². The Morgan fingerprint density at radius 2 is 1.85 bits per heavy atom. The van der Waals surface area contributed by atoms with Crippen molar-refractivity contribution in [1.82, 2.24) is 0 Å². The molecule has 33 heavy (non-hydrogen) atoms. The molecule has 0 fully saturated rings. The van der Waals surface area contributed by atoms with E-state index in [1.807, 2.05) is 60.7 Å². The zero-order valence-corrected chi connectivity index (χ0v) is 20.0. The Morgan fingerprint density at radius 3 is 2.58 bits per heavy atom. The lowest BCUT2D eigenvalue weighted by atomic mass is 10.0. The van der Waals surface area contributed by atoms with E-state index in [9.17, 15) is 9.90 Å². The fraction of sp³-hybridized carbons (Fsp3) is 0.321. The first-order chi connectivity index (χ1) is 16.1. The smallest absolute Gasteiger partial charge is 0.304 e. The van der Waals surface area contributed by atoms with Crippen LogP contribution in [0.4, 0.5) is 0 Å². The molecule has 1 atom stereocenters. The molecule has 5 heteroatoms. The Hall–Kier alpha value is -2.96. The number of hydrogen-bond acceptors (Lipinski definition) is 5. The fourth-order valence-electron chi connectivity index (χ4n) is 2.90. The van der Waals surface area contributed by atoms with E-state index >= 15 is 0 Å². The summed E-state index contributed by atoms with van der Waals surface area (Å²) < 4.78 is 10.6. The third kappa shape index (κ3) is 10.5. The number of benzene rings is 2. The average molecular weight is 463 g/mol. The lowest BCUT2D eigenvalue weighted by Gasteiger charge is -2.12. The van der Waals surface area contributed by atoms with Crippen molar-refractivity contribution < 1.29 is 19.4 Å². The van der Waals surface area contributed by atoms with E-state index in [1.54, 1.807) is 18.9 Å². The van der Waals surface area contributed by atoms with Crippen molar-refractivity contribution in [3.05, 3.63) is 71.3 Å². The third-order valence-electron chi connectivity index (χ3n) is 4.52. The number of esters is 1. The van der Waals surface area contributed by atoms with Crippen LogP contribution in [0.5, 0.6) is 0 Å². The minimum atomic E-state index is -0.780. The molecule has 0 aliphatic rings. The highest BCUT2D eigenvalue weighted by atomic mass is 32.2. The van der Waals surface area contributed by atoms with Gasteiger partial charge in [-0.3, -0.25) is 4.79 Å². The molecule has 2 aromatic carbocycles. The molecule has 0 heterocycles. The molecule has 1 unspecified atom stereocenters. The molecule has 0 saturated heterocycles. The number of carbonyl (C=O) groups is 1. The monoisotopic (exact) mass is 462 g/mol. The number of carbonyl (C=O) groups excluding carboxylic acids is 1. The van der Waals surface area contributed by atoms with Crippen LogP contribution in [0.3, 0.4) is 0 Å². The molecule has 2 aromatic rings. The standard InChI is InChI=1S/C28H30O4S/c1-23(30)32-28(18-12-20-33-27-16-7-5-8-17-27)25(14-6-3-4-11-19-31-2)21-24-13-9-10-15-26(24)22-29/h5,7-10,13,15-17,21,28-29H,3-4,11,19-20,22H2,1-2H3/b25-21+. The molecule has 0 radical (unpaired) electrons. The molecule has 0 spiro atoms. The maximum absolute atomic E-state index is 11.8. The molecule has 2 rings (SSSR count). The normalized spacial score (nSPS) is 11.5. The van der Waals surface area contributed by atoms with Crippen LogP contribution >= 0.6 is 11.8 Å². The second-order valence-corrected chi connectivity index (χ2v) is 8.17. The second-order valence-electron chi connectivity index (χ2n) is 7.12. The quantitative estimate of drug-likeness (QED) is 0.230. The molecule has 0 bridgehead atoms. The Morgan fingerprint density at radius 1 is 1.09 bits per heavy atom. The van der Waals surface area contributed by atoms with Crippen LogP contribution in [-0.4, -0.2) is 36.6 Å². The first-order valence-corrected chi connectivity index (χ1v) is 11.8. The summed E-state index contributed by atoms with van der Waals surface area (Å²) >= 11 is 1.62. The van der Waals surface area contributed by atoms with Crippen molar-refractivity contribution >= 4 is 23.8 Å². The van der Waals surface area contributed by atoms with Gasteiger partial charge in [-0.1, -0.05) is 66.1 Å². The zero-order chi connectivity index (χ0) is 23.7. The summed E-state index contributed by atoms with van der Waals surface area (Å²) in [6, 6.07) is 17.5. The predicted octanol–water partition coefficient (Wildman–Crippen LogP) is 5.11. The van der Waals surface area contributed by atoms with Gasteiger partial charge in [0, 0.05) is 32.0 Å². The summed E-state index contributed by atoms with van der Waals surface area (Å²) in [6.45, 7) is 1.97. The number of thioether (sulfide) groups is 1. The fourth-order valence-corrected chi connectivity index (χ4v) is 3.57. The number of aliphatic hydroxyl groups is 1. The van der Waals surface area contributed by atoms with Gasteiger partial charge < -0.3 is 14.6 Å². The van der Waals surface area contributed by atoms with Gasteiger partial charge in [0.25, 0.3) is 0 Å². The largest absolute Gasteiger partial charge is 0.444 e. The van der Waals surface area contributed by atoms with Crippen molar-refractivity contribution in [2.75, 3.05) is 19.5 Å². The number of unbranched alkanes of at least 4 members (excludes halogenated alkanes) is 2. The van der Waals surface area contributed by atoms with Crippen LogP contribution in [0, 0.1) is 23.7 Å². The minimum absolute atomic E-state index is 0.0952. The van der Waals surface area contributed by atoms with Crippen LogP contribution in [0.1, 0.15) is 37.3 Å². The highest BCUT2D eigenvalue weighted by Gasteiger charge is 2.14. The molecule has 4 nitrogen and oxygen atoms in total. The number of rotatable bonds is 10. The second kappa shape index (κ2) is 15.8. The number of hydrogen-bond donors (Lipinski definition) is 1. The van der Waals surface area contributed by atoms with Crippen molar-refractivity contribution in [3.63, 3.8) is 0 Å². The van der Waals surface area contributed by atoms with Crippen molar-refractivity contribution in [2.24, 2.45) is 0 Å². The molecular formula is C28H30O4S. The summed E-state index contributed by atoms with van der Waals surface area (Å²) in [6.07, 6.45) is 3.62. The van der Waals surface area contributed by atoms with Gasteiger partial charge in [0.1, 0.15) is 0 Å². The van der Waals surface area contributed by atoms with E-state index in [4.69, 9.17) is 9.47 Å². The molecule has 1 N–H and O–H groups in total. The summed E-state index contributed by atoms with van der Waals surface area (Å²) in [7, 11) is 1.68. The lowest BCUT2D eigenvalue weighted by molar-refractivity contribution is -0.142. The van der Waals surface area contributed by atoms with Gasteiger partial charge in [-0.25, -0.2) is 0 Å². The molecule has 0 aliphatic carbocycles. The van der Waals surface area contributed by atoms with Crippen molar-refractivity contribution in [2.45, 2.75) is 43.8 Å². The van der Waals surface area contributed by atoms with Gasteiger partial charge in [-0.2, -0.15) is 0 Å². The Balaban J connectivity index is 2.28. The van der Waals surface area contributed by atoms with Crippen molar-refractivity contribution in [1.29, 1.82) is 0 Å². The van der Waals surface area contributed by atoms with Gasteiger partial charge in [0.05, 0.1) is 17.9 Å². The highest BCUT2D eigenvalue weighted by Crippen LogP contribution is 2.18. The molecule has 172 valence electrons. The molecular weight excluding hydrogens is 432 g/mol. The molecule has 0 amide bonds. The van der Waals surface area contributed by atoms with Gasteiger partial charge in [-0.15, -0.1) is 11.8 Å². The Bertz CT molecular complexity index is 1020. The van der Waals surface area contributed by atoms with E-state index < -0.39 is 12.1 Å². The van der Waals surface area contributed by atoms with Crippen LogP contribution in [0.15, 0.2) is 65.1 Å². The molecule has 0 saturated carbocycles. The first-order valence-electron chi connectivity index (χ1n) is 10.9. The van der Waals surface area contributed by atoms with Gasteiger partial charge >= 0.3 is 5.97 Å². The van der Waals surface area contributed by atoms with Crippen LogP contribution in [0.2, 0.25) is 0 Å². The van der Waals surface area contributed by atoms with E-state index in [-0.39, 0.29) is 6.61 Å². The number of aliphatic hydroxyl groups excluding tert-OH is 1. The minimum Gasteiger partial charge on any atom is -0.444 e. The lowest BCUT2D eigenvalue weighted by Crippen LogP contribution is -2.16. The van der Waals surface area contributed by atoms with Gasteiger partial charge in [-0.05, 0) is 42.2 Å². The number of methoxy groups -OCH3 is 1. The van der Waals surface area contributed by atoms with Crippen LogP contribution in [0.25, 0.3) is 6.08 Å². The molecule has 0 aliphatic heterocycles. The highest BCUT2D eigenvalue weighted by molar-refractivity contribution is 7.99. The van der Waals surface area contributed by atoms with Gasteiger partial charge in [0.2, 0.25) is 0 Å². The SMILES string of the molecule is COCCCCC#C/C(=C\c1ccccc1CO)C(C#CCSc1ccccc1)OC(C)=O. The third-order valence-corrected chi connectivity index (χ3v) is 5.42. The van der Waals surface area contributed by atoms with Crippen molar-refractivity contribution in [3.8, 4) is 23.7 Å². The topological polar surface area (TPSA) is 55.8 Å². The van der Waals surface area contributed by atoms with E-state index in [0.29, 0.717) is 24.4 Å². The first kappa shape index (κ1) is 26.3. The Labute approximate surface area is 201 Å². The summed E-state index contributed by atoms with van der Waals surface area (Å²) in [5.74, 6) is 12.7.